The maximum atomic E-state index is 12.4. The lowest BCUT2D eigenvalue weighted by atomic mass is 9.81. The summed E-state index contributed by atoms with van der Waals surface area (Å²) >= 11 is 0. The minimum atomic E-state index is -0.523. The van der Waals surface area contributed by atoms with Gasteiger partial charge in [-0.1, -0.05) is 27.7 Å². The van der Waals surface area contributed by atoms with E-state index >= 15 is 0 Å². The number of anilines is 2. The second kappa shape index (κ2) is 9.53. The summed E-state index contributed by atoms with van der Waals surface area (Å²) in [5.74, 6) is -0.159. The van der Waals surface area contributed by atoms with Crippen LogP contribution in [0.15, 0.2) is 24.3 Å². The molecule has 6 heteroatoms. The van der Waals surface area contributed by atoms with E-state index in [1.54, 1.807) is 24.3 Å². The van der Waals surface area contributed by atoms with Gasteiger partial charge < -0.3 is 16.4 Å². The van der Waals surface area contributed by atoms with Gasteiger partial charge in [0.1, 0.15) is 0 Å². The lowest BCUT2D eigenvalue weighted by Crippen LogP contribution is -2.41. The number of hydrogen-bond donors (Lipinski definition) is 3. The Bertz CT molecular complexity index is 503. The average molecular weight is 342 g/mol. The van der Waals surface area contributed by atoms with Gasteiger partial charge in [0.2, 0.25) is 11.8 Å². The fourth-order valence-electron chi connectivity index (χ4n) is 2.14. The normalized spacial score (nSPS) is 10.9. The molecule has 0 aliphatic rings. The number of carbonyl (C=O) groups excluding carboxylic acids is 2. The van der Waals surface area contributed by atoms with Crippen LogP contribution in [0, 0.1) is 11.3 Å². The first-order chi connectivity index (χ1) is 10.4. The molecule has 0 bridgehead atoms. The quantitative estimate of drug-likeness (QED) is 0.710. The molecular formula is C17H28ClN3O2. The zero-order valence-corrected chi connectivity index (χ0v) is 15.1. The summed E-state index contributed by atoms with van der Waals surface area (Å²) in [5.41, 5.74) is 6.68. The van der Waals surface area contributed by atoms with E-state index in [0.29, 0.717) is 30.8 Å². The van der Waals surface area contributed by atoms with Crippen molar-refractivity contribution >= 4 is 35.6 Å². The van der Waals surface area contributed by atoms with Gasteiger partial charge in [-0.15, -0.1) is 12.4 Å². The largest absolute Gasteiger partial charge is 0.329 e. The van der Waals surface area contributed by atoms with Crippen molar-refractivity contribution in [3.05, 3.63) is 24.3 Å². The third kappa shape index (κ3) is 5.52. The monoisotopic (exact) mass is 341 g/mol. The number of benzene rings is 1. The average Bonchev–Trinajstić information content (AvgIpc) is 2.51. The summed E-state index contributed by atoms with van der Waals surface area (Å²) < 4.78 is 0. The van der Waals surface area contributed by atoms with Crippen molar-refractivity contribution in [3.63, 3.8) is 0 Å². The highest BCUT2D eigenvalue weighted by molar-refractivity contribution is 5.96. The van der Waals surface area contributed by atoms with Gasteiger partial charge in [-0.3, -0.25) is 9.59 Å². The highest BCUT2D eigenvalue weighted by atomic mass is 35.5. The summed E-state index contributed by atoms with van der Waals surface area (Å²) in [5, 5.41) is 5.72. The zero-order valence-electron chi connectivity index (χ0n) is 14.3. The fraction of sp³-hybridized carbons (Fsp3) is 0.529. The molecule has 0 aromatic heterocycles. The van der Waals surface area contributed by atoms with Crippen LogP contribution in [0.3, 0.4) is 0 Å². The fourth-order valence-corrected chi connectivity index (χ4v) is 2.14. The first kappa shape index (κ1) is 21.4. The van der Waals surface area contributed by atoms with Crippen molar-refractivity contribution in [3.8, 4) is 0 Å². The number of nitrogens with one attached hydrogen (secondary N) is 2. The van der Waals surface area contributed by atoms with Crippen LogP contribution in [0.25, 0.3) is 0 Å². The summed E-state index contributed by atoms with van der Waals surface area (Å²) in [4.78, 5) is 24.0. The third-order valence-corrected chi connectivity index (χ3v) is 4.16. The molecule has 4 N–H and O–H groups in total. The molecule has 0 saturated carbocycles. The Labute approximate surface area is 144 Å². The molecule has 0 unspecified atom stereocenters. The van der Waals surface area contributed by atoms with Crippen molar-refractivity contribution in [2.24, 2.45) is 17.1 Å². The van der Waals surface area contributed by atoms with E-state index < -0.39 is 5.41 Å². The molecule has 0 aliphatic heterocycles. The van der Waals surface area contributed by atoms with E-state index in [1.807, 2.05) is 27.7 Å². The first-order valence-electron chi connectivity index (χ1n) is 7.81. The van der Waals surface area contributed by atoms with E-state index in [0.717, 1.165) is 0 Å². The summed E-state index contributed by atoms with van der Waals surface area (Å²) in [6, 6.07) is 7.11. The van der Waals surface area contributed by atoms with E-state index in [-0.39, 0.29) is 30.1 Å². The molecule has 130 valence electrons. The van der Waals surface area contributed by atoms with E-state index in [1.165, 1.54) is 0 Å². The molecule has 0 heterocycles. The predicted octanol–water partition coefficient (Wildman–Crippen LogP) is 3.41. The Morgan fingerprint density at radius 1 is 1.04 bits per heavy atom. The molecule has 1 aromatic carbocycles. The maximum absolute atomic E-state index is 12.4. The molecule has 0 saturated heterocycles. The maximum Gasteiger partial charge on any atom is 0.231 e. The van der Waals surface area contributed by atoms with E-state index in [9.17, 15) is 9.59 Å². The number of amides is 2. The first-order valence-corrected chi connectivity index (χ1v) is 7.81. The number of nitrogens with two attached hydrogens (primary N) is 1. The van der Waals surface area contributed by atoms with Gasteiger partial charge in [-0.2, -0.15) is 0 Å². The standard InChI is InChI=1S/C17H27N3O2.ClH/c1-5-17(6-2,11-18)16(22)20-14-9-7-13(8-10-14)19-15(21)12(3)4;/h7-10,12H,5-6,11,18H2,1-4H3,(H,19,21)(H,20,22);1H. The van der Waals surface area contributed by atoms with E-state index in [4.69, 9.17) is 5.73 Å². The molecule has 0 fully saturated rings. The van der Waals surface area contributed by atoms with Crippen LogP contribution >= 0.6 is 12.4 Å². The number of rotatable bonds is 7. The topological polar surface area (TPSA) is 84.2 Å². The van der Waals surface area contributed by atoms with Crippen LogP contribution < -0.4 is 16.4 Å². The van der Waals surface area contributed by atoms with Gasteiger partial charge in [0.15, 0.2) is 0 Å². The van der Waals surface area contributed by atoms with Crippen molar-refractivity contribution in [2.45, 2.75) is 40.5 Å². The molecule has 0 radical (unpaired) electrons. The molecular weight excluding hydrogens is 314 g/mol. The molecule has 1 rings (SSSR count). The molecule has 2 amide bonds. The van der Waals surface area contributed by atoms with Crippen LogP contribution in [-0.4, -0.2) is 18.4 Å². The van der Waals surface area contributed by atoms with Gasteiger partial charge in [0.25, 0.3) is 0 Å². The smallest absolute Gasteiger partial charge is 0.231 e. The SMILES string of the molecule is CCC(CC)(CN)C(=O)Nc1ccc(NC(=O)C(C)C)cc1.Cl. The molecule has 5 nitrogen and oxygen atoms in total. The predicted molar refractivity (Wildman–Crippen MR) is 97.9 cm³/mol. The van der Waals surface area contributed by atoms with Crippen LogP contribution in [0.4, 0.5) is 11.4 Å². The second-order valence-corrected chi connectivity index (χ2v) is 5.87. The van der Waals surface area contributed by atoms with Gasteiger partial charge in [0, 0.05) is 23.8 Å². The van der Waals surface area contributed by atoms with Crippen LogP contribution in [0.2, 0.25) is 0 Å². The lowest BCUT2D eigenvalue weighted by Gasteiger charge is -2.28. The van der Waals surface area contributed by atoms with Crippen molar-refractivity contribution in [1.82, 2.24) is 0 Å². The third-order valence-electron chi connectivity index (χ3n) is 4.16. The highest BCUT2D eigenvalue weighted by Gasteiger charge is 2.33. The van der Waals surface area contributed by atoms with Gasteiger partial charge >= 0.3 is 0 Å². The summed E-state index contributed by atoms with van der Waals surface area (Å²) in [6.45, 7) is 7.95. The van der Waals surface area contributed by atoms with Crippen molar-refractivity contribution < 1.29 is 9.59 Å². The molecule has 0 spiro atoms. The van der Waals surface area contributed by atoms with E-state index in [2.05, 4.69) is 10.6 Å². The van der Waals surface area contributed by atoms with Crippen LogP contribution in [0.1, 0.15) is 40.5 Å². The molecule has 23 heavy (non-hydrogen) atoms. The van der Waals surface area contributed by atoms with Crippen molar-refractivity contribution in [2.75, 3.05) is 17.2 Å². The molecule has 0 aliphatic carbocycles. The zero-order chi connectivity index (χ0) is 16.8. The molecule has 0 atom stereocenters. The highest BCUT2D eigenvalue weighted by Crippen LogP contribution is 2.27. The Kier molecular flexibility index (Phi) is 8.87. The molecule has 1 aromatic rings. The number of halogens is 1. The van der Waals surface area contributed by atoms with Gasteiger partial charge in [-0.25, -0.2) is 0 Å². The Morgan fingerprint density at radius 3 is 1.83 bits per heavy atom. The summed E-state index contributed by atoms with van der Waals surface area (Å²) in [7, 11) is 0. The minimum absolute atomic E-state index is 0. The van der Waals surface area contributed by atoms with Crippen molar-refractivity contribution in [1.29, 1.82) is 0 Å². The van der Waals surface area contributed by atoms with Gasteiger partial charge in [0.05, 0.1) is 5.41 Å². The number of hydrogen-bond acceptors (Lipinski definition) is 3. The Balaban J connectivity index is 0.00000484. The van der Waals surface area contributed by atoms with Crippen LogP contribution in [0.5, 0.6) is 0 Å². The Morgan fingerprint density at radius 2 is 1.48 bits per heavy atom. The lowest BCUT2D eigenvalue weighted by molar-refractivity contribution is -0.125. The summed E-state index contributed by atoms with van der Waals surface area (Å²) in [6.07, 6.45) is 1.41. The number of carbonyl (C=O) groups is 2. The Hall–Kier alpha value is -1.59. The minimum Gasteiger partial charge on any atom is -0.329 e. The van der Waals surface area contributed by atoms with Gasteiger partial charge in [-0.05, 0) is 37.1 Å². The van der Waals surface area contributed by atoms with Crippen LogP contribution in [-0.2, 0) is 9.59 Å². The second-order valence-electron chi connectivity index (χ2n) is 5.87.